The van der Waals surface area contributed by atoms with Crippen molar-refractivity contribution in [3.8, 4) is 28.4 Å². The lowest BCUT2D eigenvalue weighted by molar-refractivity contribution is -0.146. The number of ether oxygens (including phenoxy) is 1. The molecule has 0 spiro atoms. The predicted octanol–water partition coefficient (Wildman–Crippen LogP) is 3.92. The number of aromatic hydroxyl groups is 1. The van der Waals surface area contributed by atoms with Crippen LogP contribution < -0.4 is 9.64 Å². The highest BCUT2D eigenvalue weighted by Crippen LogP contribution is 2.47. The van der Waals surface area contributed by atoms with E-state index < -0.39 is 12.1 Å². The quantitative estimate of drug-likeness (QED) is 0.638. The van der Waals surface area contributed by atoms with Crippen molar-refractivity contribution >= 4 is 17.3 Å². The maximum Gasteiger partial charge on any atom is 0.332 e. The van der Waals surface area contributed by atoms with Crippen LogP contribution in [0.1, 0.15) is 5.56 Å². The van der Waals surface area contributed by atoms with Crippen molar-refractivity contribution in [2.24, 2.45) is 0 Å². The van der Waals surface area contributed by atoms with Crippen molar-refractivity contribution in [1.29, 1.82) is 0 Å². The second-order valence-electron chi connectivity index (χ2n) is 6.71. The molecule has 6 nitrogen and oxygen atoms in total. The minimum atomic E-state index is -1.51. The van der Waals surface area contributed by atoms with Crippen molar-refractivity contribution in [3.05, 3.63) is 66.2 Å². The third kappa shape index (κ3) is 3.14. The van der Waals surface area contributed by atoms with Gasteiger partial charge in [-0.3, -0.25) is 0 Å². The Morgan fingerprint density at radius 3 is 2.57 bits per heavy atom. The number of aliphatic hydroxyl groups is 1. The van der Waals surface area contributed by atoms with Crippen molar-refractivity contribution < 1.29 is 24.9 Å². The fourth-order valence-electron chi connectivity index (χ4n) is 3.41. The number of benzene rings is 3. The van der Waals surface area contributed by atoms with E-state index in [1.54, 1.807) is 12.1 Å². The Kier molecular flexibility index (Phi) is 4.41. The molecule has 1 unspecified atom stereocenters. The van der Waals surface area contributed by atoms with Crippen LogP contribution in [0.4, 0.5) is 11.4 Å². The fraction of sp³-hybridized carbons (Fsp3) is 0.136. The van der Waals surface area contributed by atoms with Crippen LogP contribution >= 0.6 is 0 Å². The molecule has 142 valence electrons. The number of hydrogen-bond acceptors (Lipinski definition) is 5. The van der Waals surface area contributed by atoms with E-state index in [0.29, 0.717) is 16.9 Å². The number of aliphatic hydroxyl groups excluding tert-OH is 1. The lowest BCUT2D eigenvalue weighted by Gasteiger charge is -2.30. The second-order valence-corrected chi connectivity index (χ2v) is 6.71. The van der Waals surface area contributed by atoms with Gasteiger partial charge in [-0.1, -0.05) is 24.3 Å². The van der Waals surface area contributed by atoms with Crippen LogP contribution in [-0.4, -0.2) is 34.4 Å². The molecule has 0 bridgehead atoms. The molecule has 0 aromatic heterocycles. The molecule has 3 aromatic carbocycles. The summed E-state index contributed by atoms with van der Waals surface area (Å²) in [5.74, 6) is 0.260. The Morgan fingerprint density at radius 1 is 1.04 bits per heavy atom. The van der Waals surface area contributed by atoms with Crippen LogP contribution in [0.3, 0.4) is 0 Å². The summed E-state index contributed by atoms with van der Waals surface area (Å²) in [7, 11) is 1.95. The Hall–Kier alpha value is -3.51. The van der Waals surface area contributed by atoms with Gasteiger partial charge in [0.05, 0.1) is 11.4 Å². The summed E-state index contributed by atoms with van der Waals surface area (Å²) in [6.07, 6.45) is -1.57. The fourth-order valence-corrected chi connectivity index (χ4v) is 3.41. The van der Waals surface area contributed by atoms with Crippen molar-refractivity contribution in [2.75, 3.05) is 11.9 Å². The Morgan fingerprint density at radius 2 is 1.79 bits per heavy atom. The number of anilines is 2. The Labute approximate surface area is 161 Å². The largest absolute Gasteiger partial charge is 0.508 e. The molecule has 3 N–H and O–H groups in total. The zero-order valence-corrected chi connectivity index (χ0v) is 15.2. The highest BCUT2D eigenvalue weighted by Gasteiger charge is 2.23. The van der Waals surface area contributed by atoms with Gasteiger partial charge >= 0.3 is 5.97 Å². The van der Waals surface area contributed by atoms with Gasteiger partial charge in [-0.2, -0.15) is 0 Å². The molecule has 0 saturated carbocycles. The van der Waals surface area contributed by atoms with Gasteiger partial charge in [-0.05, 0) is 53.1 Å². The lowest BCUT2D eigenvalue weighted by Crippen LogP contribution is -2.22. The van der Waals surface area contributed by atoms with Gasteiger partial charge in [-0.15, -0.1) is 0 Å². The van der Waals surface area contributed by atoms with E-state index in [-0.39, 0.29) is 12.2 Å². The van der Waals surface area contributed by atoms with E-state index in [4.69, 9.17) is 9.84 Å². The van der Waals surface area contributed by atoms with E-state index >= 15 is 0 Å². The van der Waals surface area contributed by atoms with E-state index in [1.807, 2.05) is 54.4 Å². The molecular formula is C22H19NO5. The smallest absolute Gasteiger partial charge is 0.332 e. The average Bonchev–Trinajstić information content (AvgIpc) is 2.69. The number of hydrogen-bond donors (Lipinski definition) is 3. The molecule has 28 heavy (non-hydrogen) atoms. The van der Waals surface area contributed by atoms with E-state index in [9.17, 15) is 15.0 Å². The number of aliphatic carboxylic acids is 1. The molecule has 1 atom stereocenters. The third-order valence-electron chi connectivity index (χ3n) is 4.87. The van der Waals surface area contributed by atoms with Gasteiger partial charge < -0.3 is 25.0 Å². The molecule has 0 fully saturated rings. The molecule has 4 rings (SSSR count). The summed E-state index contributed by atoms with van der Waals surface area (Å²) in [6, 6.07) is 18.0. The minimum Gasteiger partial charge on any atom is -0.508 e. The minimum absolute atomic E-state index is 0.0583. The summed E-state index contributed by atoms with van der Waals surface area (Å²) >= 11 is 0. The van der Waals surface area contributed by atoms with Gasteiger partial charge in [0.2, 0.25) is 0 Å². The van der Waals surface area contributed by atoms with Gasteiger partial charge in [0.25, 0.3) is 0 Å². The standard InChI is InChI=1S/C22H19NO5/c1-23-17-4-2-3-5-20(17)28-21-9-7-13(10-18(21)23)16-12-15(24)8-6-14(16)11-19(25)22(26)27/h2-10,12,19,24-25H,11H2,1H3,(H,26,27). The molecular weight excluding hydrogens is 358 g/mol. The third-order valence-corrected chi connectivity index (χ3v) is 4.87. The molecule has 0 saturated heterocycles. The number of nitrogens with zero attached hydrogens (tertiary/aromatic N) is 1. The highest BCUT2D eigenvalue weighted by atomic mass is 16.5. The number of phenolic OH excluding ortho intramolecular Hbond substituents is 1. The first-order valence-corrected chi connectivity index (χ1v) is 8.82. The summed E-state index contributed by atoms with van der Waals surface area (Å²) in [5.41, 5.74) is 3.87. The number of fused-ring (bicyclic) bond motifs is 2. The number of rotatable bonds is 4. The Balaban J connectivity index is 1.77. The molecule has 0 aliphatic carbocycles. The number of carbonyl (C=O) groups is 1. The van der Waals surface area contributed by atoms with Crippen molar-refractivity contribution in [3.63, 3.8) is 0 Å². The normalized spacial score (nSPS) is 13.3. The zero-order chi connectivity index (χ0) is 19.8. The maximum atomic E-state index is 11.0. The highest BCUT2D eigenvalue weighted by molar-refractivity contribution is 5.83. The van der Waals surface area contributed by atoms with Crippen LogP contribution in [0.5, 0.6) is 17.2 Å². The molecule has 0 radical (unpaired) electrons. The second kappa shape index (κ2) is 6.90. The van der Waals surface area contributed by atoms with Gasteiger partial charge in [0.1, 0.15) is 5.75 Å². The molecule has 3 aromatic rings. The molecule has 1 heterocycles. The number of carboxylic acid groups (broad SMARTS) is 1. The van der Waals surface area contributed by atoms with Crippen LogP contribution in [0.2, 0.25) is 0 Å². The summed E-state index contributed by atoms with van der Waals surface area (Å²) in [5, 5.41) is 28.7. The van der Waals surface area contributed by atoms with Crippen LogP contribution in [0, 0.1) is 0 Å². The number of para-hydroxylation sites is 2. The zero-order valence-electron chi connectivity index (χ0n) is 15.2. The summed E-state index contributed by atoms with van der Waals surface area (Å²) < 4.78 is 5.98. The average molecular weight is 377 g/mol. The van der Waals surface area contributed by atoms with Gasteiger partial charge in [0, 0.05) is 13.5 Å². The molecule has 6 heteroatoms. The first-order chi connectivity index (χ1) is 13.4. The van der Waals surface area contributed by atoms with Crippen LogP contribution in [0.25, 0.3) is 11.1 Å². The lowest BCUT2D eigenvalue weighted by atomic mass is 9.94. The van der Waals surface area contributed by atoms with Crippen LogP contribution in [-0.2, 0) is 11.2 Å². The number of phenols is 1. The SMILES string of the molecule is CN1c2ccccc2Oc2ccc(-c3cc(O)ccc3CC(O)C(=O)O)cc21. The van der Waals surface area contributed by atoms with E-state index in [2.05, 4.69) is 0 Å². The maximum absolute atomic E-state index is 11.0. The molecule has 1 aliphatic rings. The van der Waals surface area contributed by atoms with E-state index in [0.717, 1.165) is 22.7 Å². The summed E-state index contributed by atoms with van der Waals surface area (Å²) in [4.78, 5) is 13.1. The topological polar surface area (TPSA) is 90.2 Å². The van der Waals surface area contributed by atoms with E-state index in [1.165, 1.54) is 6.07 Å². The molecule has 0 amide bonds. The molecule has 1 aliphatic heterocycles. The predicted molar refractivity (Wildman–Crippen MR) is 105 cm³/mol. The first-order valence-electron chi connectivity index (χ1n) is 8.82. The van der Waals surface area contributed by atoms with Crippen molar-refractivity contribution in [1.82, 2.24) is 0 Å². The summed E-state index contributed by atoms with van der Waals surface area (Å²) in [6.45, 7) is 0. The first kappa shape index (κ1) is 17.9. The number of carboxylic acids is 1. The monoisotopic (exact) mass is 377 g/mol. The van der Waals surface area contributed by atoms with Crippen LogP contribution in [0.15, 0.2) is 60.7 Å². The van der Waals surface area contributed by atoms with Crippen molar-refractivity contribution in [2.45, 2.75) is 12.5 Å². The van der Waals surface area contributed by atoms with Gasteiger partial charge in [-0.25, -0.2) is 4.79 Å². The van der Waals surface area contributed by atoms with Gasteiger partial charge in [0.15, 0.2) is 17.6 Å². The Bertz CT molecular complexity index is 1060.